The Morgan fingerprint density at radius 3 is 2.59 bits per heavy atom. The number of anilines is 2. The zero-order valence-corrected chi connectivity index (χ0v) is 15.8. The lowest BCUT2D eigenvalue weighted by Crippen LogP contribution is -2.50. The number of carbonyl (C=O) groups excluding carboxylic acids is 2. The molecule has 0 aliphatic carbocycles. The predicted molar refractivity (Wildman–Crippen MR) is 103 cm³/mol. The molecule has 3 rings (SSSR count). The highest BCUT2D eigenvalue weighted by atomic mass is 35.5. The second-order valence-corrected chi connectivity index (χ2v) is 6.48. The topological polar surface area (TPSA) is 74.8 Å². The molecule has 1 aliphatic heterocycles. The van der Waals surface area contributed by atoms with Crippen molar-refractivity contribution in [3.05, 3.63) is 53.2 Å². The summed E-state index contributed by atoms with van der Waals surface area (Å²) in [6.07, 6.45) is 1.26. The van der Waals surface area contributed by atoms with Crippen LogP contribution in [-0.4, -0.2) is 59.6 Å². The van der Waals surface area contributed by atoms with Crippen LogP contribution in [0.5, 0.6) is 0 Å². The van der Waals surface area contributed by atoms with Gasteiger partial charge in [-0.05, 0) is 37.3 Å². The maximum atomic E-state index is 12.8. The lowest BCUT2D eigenvalue weighted by Gasteiger charge is -2.34. The van der Waals surface area contributed by atoms with E-state index in [0.717, 1.165) is 5.69 Å². The van der Waals surface area contributed by atoms with Crippen molar-refractivity contribution in [1.29, 1.82) is 0 Å². The van der Waals surface area contributed by atoms with Crippen LogP contribution in [-0.2, 0) is 4.74 Å². The monoisotopic (exact) mass is 388 g/mol. The second kappa shape index (κ2) is 8.73. The fourth-order valence-corrected chi connectivity index (χ4v) is 3.03. The highest BCUT2D eigenvalue weighted by Crippen LogP contribution is 2.20. The van der Waals surface area contributed by atoms with E-state index in [9.17, 15) is 9.59 Å². The molecule has 1 aliphatic rings. The lowest BCUT2D eigenvalue weighted by atomic mass is 10.2. The van der Waals surface area contributed by atoms with Gasteiger partial charge in [0.1, 0.15) is 5.82 Å². The number of nitrogens with zero attached hydrogens (tertiary/aromatic N) is 3. The molecular formula is C19H21ClN4O3. The smallest absolute Gasteiger partial charge is 0.409 e. The summed E-state index contributed by atoms with van der Waals surface area (Å²) in [4.78, 5) is 32.1. The number of ether oxygens (including phenoxy) is 1. The Labute approximate surface area is 162 Å². The Hall–Kier alpha value is -2.80. The van der Waals surface area contributed by atoms with Crippen molar-refractivity contribution < 1.29 is 14.3 Å². The van der Waals surface area contributed by atoms with Gasteiger partial charge in [0.15, 0.2) is 0 Å². The highest BCUT2D eigenvalue weighted by Gasteiger charge is 2.25. The van der Waals surface area contributed by atoms with Gasteiger partial charge in [-0.25, -0.2) is 9.78 Å². The highest BCUT2D eigenvalue weighted by molar-refractivity contribution is 6.30. The SMILES string of the molecule is CCOC(=O)N1CCN(C(=O)c2ccnc(Nc3cccc(Cl)c3)c2)CC1. The largest absolute Gasteiger partial charge is 0.450 e. The molecule has 0 saturated carbocycles. The Kier molecular flexibility index (Phi) is 6.13. The van der Waals surface area contributed by atoms with Gasteiger partial charge < -0.3 is 19.9 Å². The Balaban J connectivity index is 1.63. The van der Waals surface area contributed by atoms with E-state index < -0.39 is 0 Å². The van der Waals surface area contributed by atoms with Crippen LogP contribution in [0.3, 0.4) is 0 Å². The number of halogens is 1. The van der Waals surface area contributed by atoms with Crippen LogP contribution in [0.1, 0.15) is 17.3 Å². The summed E-state index contributed by atoms with van der Waals surface area (Å²) in [5, 5.41) is 3.76. The molecule has 1 aromatic heterocycles. The van der Waals surface area contributed by atoms with E-state index in [1.54, 1.807) is 47.2 Å². The number of hydrogen-bond donors (Lipinski definition) is 1. The van der Waals surface area contributed by atoms with E-state index in [-0.39, 0.29) is 12.0 Å². The molecule has 1 saturated heterocycles. The first kappa shape index (κ1) is 19.0. The summed E-state index contributed by atoms with van der Waals surface area (Å²) in [5.74, 6) is 0.475. The summed E-state index contributed by atoms with van der Waals surface area (Å²) >= 11 is 5.99. The summed E-state index contributed by atoms with van der Waals surface area (Å²) in [6.45, 7) is 3.98. The van der Waals surface area contributed by atoms with Gasteiger partial charge in [-0.3, -0.25) is 4.79 Å². The quantitative estimate of drug-likeness (QED) is 0.868. The maximum Gasteiger partial charge on any atom is 0.409 e. The molecule has 27 heavy (non-hydrogen) atoms. The predicted octanol–water partition coefficient (Wildman–Crippen LogP) is 3.39. The minimum absolute atomic E-state index is 0.0879. The molecule has 1 fully saturated rings. The zero-order valence-electron chi connectivity index (χ0n) is 15.0. The van der Waals surface area contributed by atoms with Crippen LogP contribution < -0.4 is 5.32 Å². The second-order valence-electron chi connectivity index (χ2n) is 6.04. The van der Waals surface area contributed by atoms with Crippen molar-refractivity contribution >= 4 is 35.1 Å². The van der Waals surface area contributed by atoms with Crippen molar-refractivity contribution in [3.8, 4) is 0 Å². The Morgan fingerprint density at radius 1 is 1.15 bits per heavy atom. The molecule has 1 N–H and O–H groups in total. The molecule has 7 nitrogen and oxygen atoms in total. The summed E-state index contributed by atoms with van der Waals surface area (Å²) in [6, 6.07) is 10.7. The number of benzene rings is 1. The molecule has 142 valence electrons. The van der Waals surface area contributed by atoms with Gasteiger partial charge in [0, 0.05) is 48.6 Å². The molecule has 2 amide bonds. The summed E-state index contributed by atoms with van der Waals surface area (Å²) < 4.78 is 5.00. The maximum absolute atomic E-state index is 12.8. The Bertz CT molecular complexity index is 822. The van der Waals surface area contributed by atoms with E-state index in [0.29, 0.717) is 49.2 Å². The minimum Gasteiger partial charge on any atom is -0.450 e. The fourth-order valence-electron chi connectivity index (χ4n) is 2.84. The molecule has 0 radical (unpaired) electrons. The summed E-state index contributed by atoms with van der Waals surface area (Å²) in [5.41, 5.74) is 1.33. The third-order valence-electron chi connectivity index (χ3n) is 4.20. The minimum atomic E-state index is -0.332. The standard InChI is InChI=1S/C19H21ClN4O3/c1-2-27-19(26)24-10-8-23(9-11-24)18(25)14-6-7-21-17(12-14)22-16-5-3-4-15(20)13-16/h3-7,12-13H,2,8-11H2,1H3,(H,21,22). The first-order valence-corrected chi connectivity index (χ1v) is 9.14. The van der Waals surface area contributed by atoms with Gasteiger partial charge in [0.2, 0.25) is 0 Å². The van der Waals surface area contributed by atoms with E-state index in [1.807, 2.05) is 12.1 Å². The van der Waals surface area contributed by atoms with Crippen molar-refractivity contribution in [2.75, 3.05) is 38.1 Å². The van der Waals surface area contributed by atoms with E-state index >= 15 is 0 Å². The lowest BCUT2D eigenvalue weighted by molar-refractivity contribution is 0.0570. The van der Waals surface area contributed by atoms with E-state index in [4.69, 9.17) is 16.3 Å². The van der Waals surface area contributed by atoms with Crippen molar-refractivity contribution in [2.45, 2.75) is 6.92 Å². The van der Waals surface area contributed by atoms with E-state index in [1.165, 1.54) is 0 Å². The number of amides is 2. The van der Waals surface area contributed by atoms with Crippen LogP contribution in [0.25, 0.3) is 0 Å². The molecule has 2 aromatic rings. The normalized spacial score (nSPS) is 14.0. The fraction of sp³-hybridized carbons (Fsp3) is 0.316. The van der Waals surface area contributed by atoms with E-state index in [2.05, 4.69) is 10.3 Å². The molecule has 0 atom stereocenters. The number of pyridine rings is 1. The molecular weight excluding hydrogens is 368 g/mol. The number of hydrogen-bond acceptors (Lipinski definition) is 5. The van der Waals surface area contributed by atoms with Gasteiger partial charge in [-0.2, -0.15) is 0 Å². The van der Waals surface area contributed by atoms with Crippen LogP contribution in [0.2, 0.25) is 5.02 Å². The van der Waals surface area contributed by atoms with Crippen molar-refractivity contribution in [2.24, 2.45) is 0 Å². The molecule has 0 spiro atoms. The average molecular weight is 389 g/mol. The number of carbonyl (C=O) groups is 2. The third-order valence-corrected chi connectivity index (χ3v) is 4.43. The number of piperazine rings is 1. The van der Waals surface area contributed by atoms with Crippen LogP contribution in [0, 0.1) is 0 Å². The van der Waals surface area contributed by atoms with Gasteiger partial charge in [0.25, 0.3) is 5.91 Å². The van der Waals surface area contributed by atoms with Gasteiger partial charge in [-0.15, -0.1) is 0 Å². The van der Waals surface area contributed by atoms with Crippen LogP contribution >= 0.6 is 11.6 Å². The Morgan fingerprint density at radius 2 is 1.89 bits per heavy atom. The molecule has 0 unspecified atom stereocenters. The first-order chi connectivity index (χ1) is 13.1. The third kappa shape index (κ3) is 4.89. The summed E-state index contributed by atoms with van der Waals surface area (Å²) in [7, 11) is 0. The van der Waals surface area contributed by atoms with Crippen molar-refractivity contribution in [1.82, 2.24) is 14.8 Å². The molecule has 1 aromatic carbocycles. The number of nitrogens with one attached hydrogen (secondary N) is 1. The molecule has 8 heteroatoms. The number of aromatic nitrogens is 1. The zero-order chi connectivity index (χ0) is 19.2. The van der Waals surface area contributed by atoms with Crippen LogP contribution in [0.15, 0.2) is 42.6 Å². The van der Waals surface area contributed by atoms with Gasteiger partial charge in [-0.1, -0.05) is 17.7 Å². The van der Waals surface area contributed by atoms with Gasteiger partial charge in [0.05, 0.1) is 6.61 Å². The average Bonchev–Trinajstić information content (AvgIpc) is 2.68. The molecule has 2 heterocycles. The van der Waals surface area contributed by atoms with Gasteiger partial charge >= 0.3 is 6.09 Å². The number of rotatable bonds is 4. The molecule has 0 bridgehead atoms. The first-order valence-electron chi connectivity index (χ1n) is 8.76. The van der Waals surface area contributed by atoms with Crippen molar-refractivity contribution in [3.63, 3.8) is 0 Å². The van der Waals surface area contributed by atoms with Crippen LogP contribution in [0.4, 0.5) is 16.3 Å².